The van der Waals surface area contributed by atoms with Gasteiger partial charge in [0.15, 0.2) is 5.13 Å². The maximum Gasteiger partial charge on any atom is 0.338 e. The van der Waals surface area contributed by atoms with E-state index >= 15 is 0 Å². The Labute approximate surface area is 239 Å². The molecule has 8 rings (SSSR count). The van der Waals surface area contributed by atoms with E-state index in [2.05, 4.69) is 10.1 Å². The number of thiazole rings is 1. The van der Waals surface area contributed by atoms with E-state index in [4.69, 9.17) is 19.0 Å². The Balaban J connectivity index is 0.955. The van der Waals surface area contributed by atoms with Crippen LogP contribution in [0.15, 0.2) is 22.7 Å². The predicted octanol–water partition coefficient (Wildman–Crippen LogP) is 7.49. The van der Waals surface area contributed by atoms with Gasteiger partial charge >= 0.3 is 5.97 Å². The van der Waals surface area contributed by atoms with Crippen LogP contribution in [0.5, 0.6) is 0 Å². The Kier molecular flexibility index (Phi) is 6.21. The first-order valence-electron chi connectivity index (χ1n) is 15.5. The van der Waals surface area contributed by atoms with Crippen molar-refractivity contribution in [2.45, 2.75) is 121 Å². The second kappa shape index (κ2) is 9.83. The average Bonchev–Trinajstić information content (AvgIpc) is 3.84. The summed E-state index contributed by atoms with van der Waals surface area (Å²) in [5, 5.41) is 5.75. The maximum atomic E-state index is 12.2. The van der Waals surface area contributed by atoms with Crippen molar-refractivity contribution < 1.29 is 18.8 Å². The summed E-state index contributed by atoms with van der Waals surface area (Å²) in [5.41, 5.74) is 4.75. The number of rotatable bonds is 8. The van der Waals surface area contributed by atoms with Gasteiger partial charge < -0.3 is 18.9 Å². The molecule has 40 heavy (non-hydrogen) atoms. The molecular weight excluding hydrogens is 522 g/mol. The monoisotopic (exact) mass is 561 g/mol. The number of hydrogen-bond acceptors (Lipinski definition) is 8. The lowest BCUT2D eigenvalue weighted by Crippen LogP contribution is -2.45. The summed E-state index contributed by atoms with van der Waals surface area (Å²) in [4.78, 5) is 19.8. The van der Waals surface area contributed by atoms with Gasteiger partial charge in [0, 0.05) is 29.5 Å². The van der Waals surface area contributed by atoms with Crippen molar-refractivity contribution in [1.29, 1.82) is 0 Å². The fourth-order valence-corrected chi connectivity index (χ4v) is 8.94. The fourth-order valence-electron chi connectivity index (χ4n) is 7.79. The number of ether oxygens (including phenoxy) is 2. The van der Waals surface area contributed by atoms with Gasteiger partial charge in [0.25, 0.3) is 0 Å². The van der Waals surface area contributed by atoms with Crippen LogP contribution in [0.25, 0.3) is 10.2 Å². The number of fused-ring (bicyclic) bond motifs is 3. The molecular formula is C32H39N3O4S. The summed E-state index contributed by atoms with van der Waals surface area (Å²) in [7, 11) is 0. The highest BCUT2D eigenvalue weighted by atomic mass is 32.1. The smallest absolute Gasteiger partial charge is 0.338 e. The summed E-state index contributed by atoms with van der Waals surface area (Å²) in [6.07, 6.45) is 15.3. The third-order valence-corrected chi connectivity index (χ3v) is 11.5. The molecule has 2 aromatic heterocycles. The van der Waals surface area contributed by atoms with E-state index in [9.17, 15) is 4.79 Å². The van der Waals surface area contributed by atoms with Gasteiger partial charge in [-0.2, -0.15) is 0 Å². The summed E-state index contributed by atoms with van der Waals surface area (Å²) in [5.74, 6) is 1.95. The van der Waals surface area contributed by atoms with Crippen LogP contribution in [0.2, 0.25) is 0 Å². The molecule has 0 N–H and O–H groups in total. The molecule has 3 atom stereocenters. The van der Waals surface area contributed by atoms with Gasteiger partial charge in [-0.05, 0) is 108 Å². The molecule has 4 heterocycles. The molecule has 1 spiro atoms. The highest BCUT2D eigenvalue weighted by Gasteiger charge is 2.47. The Morgan fingerprint density at radius 3 is 2.52 bits per heavy atom. The first-order valence-corrected chi connectivity index (χ1v) is 16.4. The number of benzene rings is 1. The molecule has 5 fully saturated rings. The molecule has 1 unspecified atom stereocenters. The molecule has 1 aromatic carbocycles. The van der Waals surface area contributed by atoms with E-state index < -0.39 is 0 Å². The number of aromatic nitrogens is 2. The van der Waals surface area contributed by atoms with Crippen molar-refractivity contribution in [3.8, 4) is 0 Å². The third-order valence-electron chi connectivity index (χ3n) is 10.4. The van der Waals surface area contributed by atoms with E-state index in [0.29, 0.717) is 48.1 Å². The van der Waals surface area contributed by atoms with Crippen molar-refractivity contribution in [2.75, 3.05) is 11.5 Å². The number of carbonyl (C=O) groups excluding carboxylic acids is 1. The fraction of sp³-hybridized carbons (Fsp3) is 0.656. The summed E-state index contributed by atoms with van der Waals surface area (Å²) in [6.45, 7) is 2.86. The second-order valence-corrected chi connectivity index (χ2v) is 14.1. The van der Waals surface area contributed by atoms with E-state index in [1.165, 1.54) is 75.5 Å². The number of nitrogens with zero attached hydrogens (tertiary/aromatic N) is 3. The van der Waals surface area contributed by atoms with Crippen LogP contribution in [0.4, 0.5) is 5.13 Å². The van der Waals surface area contributed by atoms with Crippen LogP contribution in [-0.4, -0.2) is 40.9 Å². The molecule has 0 radical (unpaired) electrons. The van der Waals surface area contributed by atoms with Crippen LogP contribution in [0.3, 0.4) is 0 Å². The Morgan fingerprint density at radius 1 is 1.05 bits per heavy atom. The van der Waals surface area contributed by atoms with Gasteiger partial charge in [-0.15, -0.1) is 0 Å². The third kappa shape index (κ3) is 4.55. The number of anilines is 1. The minimum Gasteiger partial charge on any atom is -0.462 e. The molecule has 7 nitrogen and oxygen atoms in total. The zero-order chi connectivity index (χ0) is 26.8. The van der Waals surface area contributed by atoms with Crippen molar-refractivity contribution in [2.24, 2.45) is 5.41 Å². The van der Waals surface area contributed by atoms with Gasteiger partial charge in [0.1, 0.15) is 5.76 Å². The standard InChI is InChI=1S/C32H39N3O4S/c1-2-37-30(36)21-5-8-26-27(15-21)40-31(33-26)35-22-6-7-23(35)17-24(16-22)38-18-25-28(34-39-29(25)20-3-4-20)19-9-11-32(12-10-19)13-14-32/h5,8,15,19-20,22-24H,2-4,6-7,9-14,16-18H2,1H3/t22-,23?,24-/m0/s1. The first kappa shape index (κ1) is 25.3. The van der Waals surface area contributed by atoms with Gasteiger partial charge in [-0.25, -0.2) is 9.78 Å². The second-order valence-electron chi connectivity index (χ2n) is 13.1. The highest BCUT2D eigenvalue weighted by Crippen LogP contribution is 2.59. The van der Waals surface area contributed by atoms with Crippen LogP contribution in [0.1, 0.15) is 123 Å². The molecule has 2 aliphatic heterocycles. The lowest BCUT2D eigenvalue weighted by atomic mass is 9.77. The SMILES string of the molecule is CCOC(=O)c1ccc2nc(N3C4CC[C@H]3C[C@H](OCc3c(C5CCC6(CC5)CC6)noc3C3CC3)C4)sc2c1. The van der Waals surface area contributed by atoms with Crippen LogP contribution in [-0.2, 0) is 16.1 Å². The number of esters is 1. The largest absolute Gasteiger partial charge is 0.462 e. The predicted molar refractivity (Wildman–Crippen MR) is 154 cm³/mol. The van der Waals surface area contributed by atoms with Gasteiger partial charge in [-0.1, -0.05) is 16.5 Å². The Morgan fingerprint density at radius 2 is 1.82 bits per heavy atom. The lowest BCUT2D eigenvalue weighted by molar-refractivity contribution is 0.0140. The lowest BCUT2D eigenvalue weighted by Gasteiger charge is -2.38. The molecule has 3 aromatic rings. The highest BCUT2D eigenvalue weighted by molar-refractivity contribution is 7.22. The number of piperidine rings is 1. The molecule has 3 saturated carbocycles. The van der Waals surface area contributed by atoms with E-state index in [0.717, 1.165) is 34.0 Å². The average molecular weight is 562 g/mol. The minimum atomic E-state index is -0.270. The normalized spacial score (nSPS) is 27.5. The molecule has 5 aliphatic rings. The van der Waals surface area contributed by atoms with Gasteiger partial charge in [0.05, 0.1) is 40.8 Å². The number of carbonyl (C=O) groups is 1. The molecule has 3 aliphatic carbocycles. The summed E-state index contributed by atoms with van der Waals surface area (Å²) < 4.78 is 19.0. The quantitative estimate of drug-likeness (QED) is 0.264. The van der Waals surface area contributed by atoms with E-state index in [1.54, 1.807) is 11.3 Å². The van der Waals surface area contributed by atoms with Crippen molar-refractivity contribution in [3.63, 3.8) is 0 Å². The van der Waals surface area contributed by atoms with Crippen LogP contribution in [0, 0.1) is 5.41 Å². The summed E-state index contributed by atoms with van der Waals surface area (Å²) in [6, 6.07) is 6.60. The van der Waals surface area contributed by atoms with Crippen molar-refractivity contribution in [1.82, 2.24) is 10.1 Å². The summed E-state index contributed by atoms with van der Waals surface area (Å²) >= 11 is 1.69. The zero-order valence-corrected chi connectivity index (χ0v) is 24.2. The van der Waals surface area contributed by atoms with Crippen molar-refractivity contribution in [3.05, 3.63) is 40.8 Å². The van der Waals surface area contributed by atoms with Crippen LogP contribution < -0.4 is 4.90 Å². The molecule has 2 bridgehead atoms. The van der Waals surface area contributed by atoms with E-state index in [-0.39, 0.29) is 12.1 Å². The minimum absolute atomic E-state index is 0.259. The molecule has 8 heteroatoms. The molecule has 0 amide bonds. The van der Waals surface area contributed by atoms with Gasteiger partial charge in [0.2, 0.25) is 0 Å². The topological polar surface area (TPSA) is 77.7 Å². The zero-order valence-electron chi connectivity index (χ0n) is 23.4. The first-order chi connectivity index (χ1) is 19.6. The van der Waals surface area contributed by atoms with Crippen LogP contribution >= 0.6 is 11.3 Å². The molecule has 212 valence electrons. The maximum absolute atomic E-state index is 12.2. The van der Waals surface area contributed by atoms with E-state index in [1.807, 2.05) is 25.1 Å². The van der Waals surface area contributed by atoms with Crippen molar-refractivity contribution >= 4 is 32.7 Å². The Bertz CT molecular complexity index is 1400. The molecule has 2 saturated heterocycles. The number of hydrogen-bond donors (Lipinski definition) is 0. The Hall–Kier alpha value is -2.45. The van der Waals surface area contributed by atoms with Gasteiger partial charge in [-0.3, -0.25) is 0 Å².